The summed E-state index contributed by atoms with van der Waals surface area (Å²) in [6.07, 6.45) is -0.425. The molecule has 1 N–H and O–H groups in total. The Morgan fingerprint density at radius 3 is 2.14 bits per heavy atom. The van der Waals surface area contributed by atoms with Crippen LogP contribution in [0.1, 0.15) is 17.2 Å². The third-order valence-corrected chi connectivity index (χ3v) is 3.68. The molecule has 0 amide bonds. The normalized spacial score (nSPS) is 12.0. The summed E-state index contributed by atoms with van der Waals surface area (Å²) < 4.78 is 10.6. The first-order valence-corrected chi connectivity index (χ1v) is 7.14. The number of aliphatic hydroxyl groups excluding tert-OH is 1. The molecule has 0 aliphatic rings. The number of ether oxygens (including phenoxy) is 2. The lowest BCUT2D eigenvalue weighted by Gasteiger charge is -2.17. The Kier molecular flexibility index (Phi) is 5.34. The first kappa shape index (κ1) is 16.0. The van der Waals surface area contributed by atoms with E-state index in [1.54, 1.807) is 50.6 Å². The van der Waals surface area contributed by atoms with Crippen LogP contribution in [0.25, 0.3) is 0 Å². The summed E-state index contributed by atoms with van der Waals surface area (Å²) in [4.78, 5) is 0. The smallest absolute Gasteiger partial charge is 0.124 e. The molecule has 0 aliphatic heterocycles. The molecule has 21 heavy (non-hydrogen) atoms. The summed E-state index contributed by atoms with van der Waals surface area (Å²) in [5.74, 6) is 1.27. The first-order chi connectivity index (χ1) is 10.0. The van der Waals surface area contributed by atoms with Gasteiger partial charge in [0.1, 0.15) is 11.5 Å². The molecule has 112 valence electrons. The van der Waals surface area contributed by atoms with Crippen LogP contribution in [0.2, 0.25) is 10.0 Å². The molecular formula is C16H16Cl2O3. The van der Waals surface area contributed by atoms with Crippen molar-refractivity contribution in [3.63, 3.8) is 0 Å². The zero-order valence-corrected chi connectivity index (χ0v) is 13.3. The fourth-order valence-electron chi connectivity index (χ4n) is 2.19. The number of aliphatic hydroxyl groups is 1. The first-order valence-electron chi connectivity index (χ1n) is 6.39. The van der Waals surface area contributed by atoms with Gasteiger partial charge in [0, 0.05) is 22.0 Å². The van der Waals surface area contributed by atoms with Crippen molar-refractivity contribution in [3.05, 3.63) is 57.6 Å². The third-order valence-electron chi connectivity index (χ3n) is 3.21. The minimum Gasteiger partial charge on any atom is -0.496 e. The van der Waals surface area contributed by atoms with Crippen LogP contribution in [0.3, 0.4) is 0 Å². The van der Waals surface area contributed by atoms with Gasteiger partial charge in [0.25, 0.3) is 0 Å². The molecule has 3 nitrogen and oxygen atoms in total. The zero-order valence-electron chi connectivity index (χ0n) is 11.8. The molecule has 5 heteroatoms. The van der Waals surface area contributed by atoms with E-state index in [2.05, 4.69) is 0 Å². The number of benzene rings is 2. The summed E-state index contributed by atoms with van der Waals surface area (Å²) >= 11 is 12.0. The lowest BCUT2D eigenvalue weighted by Crippen LogP contribution is -2.05. The molecule has 0 radical (unpaired) electrons. The van der Waals surface area contributed by atoms with Gasteiger partial charge in [0.2, 0.25) is 0 Å². The van der Waals surface area contributed by atoms with E-state index in [4.69, 9.17) is 32.7 Å². The summed E-state index contributed by atoms with van der Waals surface area (Å²) in [6, 6.07) is 10.4. The molecule has 1 unspecified atom stereocenters. The van der Waals surface area contributed by atoms with E-state index in [0.717, 1.165) is 5.56 Å². The Balaban J connectivity index is 2.31. The minimum atomic E-state index is -0.772. The van der Waals surface area contributed by atoms with Gasteiger partial charge in [-0.15, -0.1) is 0 Å². The van der Waals surface area contributed by atoms with Gasteiger partial charge in [-0.3, -0.25) is 0 Å². The van der Waals surface area contributed by atoms with E-state index in [-0.39, 0.29) is 0 Å². The fraction of sp³-hybridized carbons (Fsp3) is 0.250. The number of hydrogen-bond acceptors (Lipinski definition) is 3. The van der Waals surface area contributed by atoms with Gasteiger partial charge in [-0.1, -0.05) is 23.2 Å². The van der Waals surface area contributed by atoms with E-state index in [0.29, 0.717) is 33.5 Å². The van der Waals surface area contributed by atoms with Crippen molar-refractivity contribution in [2.75, 3.05) is 14.2 Å². The zero-order chi connectivity index (χ0) is 15.4. The highest BCUT2D eigenvalue weighted by Gasteiger charge is 2.17. The van der Waals surface area contributed by atoms with Crippen LogP contribution < -0.4 is 9.47 Å². The van der Waals surface area contributed by atoms with E-state index in [1.165, 1.54) is 0 Å². The predicted octanol–water partition coefficient (Wildman–Crippen LogP) is 4.29. The van der Waals surface area contributed by atoms with Crippen LogP contribution in [0, 0.1) is 0 Å². The van der Waals surface area contributed by atoms with Crippen LogP contribution in [-0.2, 0) is 6.42 Å². The van der Waals surface area contributed by atoms with Gasteiger partial charge in [-0.25, -0.2) is 0 Å². The summed E-state index contributed by atoms with van der Waals surface area (Å²) in [5, 5.41) is 11.6. The van der Waals surface area contributed by atoms with Gasteiger partial charge in [0.05, 0.1) is 20.3 Å². The molecule has 0 spiro atoms. The second-order valence-electron chi connectivity index (χ2n) is 4.56. The summed E-state index contributed by atoms with van der Waals surface area (Å²) in [7, 11) is 3.14. The van der Waals surface area contributed by atoms with E-state index >= 15 is 0 Å². The lowest BCUT2D eigenvalue weighted by atomic mass is 10.00. The predicted molar refractivity (Wildman–Crippen MR) is 84.7 cm³/mol. The number of methoxy groups -OCH3 is 2. The maximum atomic E-state index is 10.5. The second kappa shape index (κ2) is 7.03. The number of hydrogen-bond donors (Lipinski definition) is 1. The van der Waals surface area contributed by atoms with Crippen molar-refractivity contribution in [1.29, 1.82) is 0 Å². The summed E-state index contributed by atoms with van der Waals surface area (Å²) in [6.45, 7) is 0. The van der Waals surface area contributed by atoms with E-state index in [1.807, 2.05) is 0 Å². The van der Waals surface area contributed by atoms with Gasteiger partial charge in [0.15, 0.2) is 0 Å². The average Bonchev–Trinajstić information content (AvgIpc) is 2.47. The average molecular weight is 327 g/mol. The Morgan fingerprint density at radius 2 is 1.52 bits per heavy atom. The van der Waals surface area contributed by atoms with Crippen LogP contribution in [0.15, 0.2) is 36.4 Å². The minimum absolute atomic E-state index is 0.348. The Labute approximate surface area is 134 Å². The number of rotatable bonds is 5. The largest absolute Gasteiger partial charge is 0.496 e. The Hall–Kier alpha value is -1.42. The monoisotopic (exact) mass is 326 g/mol. The molecule has 0 fully saturated rings. The van der Waals surface area contributed by atoms with Gasteiger partial charge < -0.3 is 14.6 Å². The molecule has 0 heterocycles. The molecule has 2 rings (SSSR count). The van der Waals surface area contributed by atoms with E-state index < -0.39 is 6.10 Å². The van der Waals surface area contributed by atoms with Crippen molar-refractivity contribution in [2.45, 2.75) is 12.5 Å². The van der Waals surface area contributed by atoms with Gasteiger partial charge in [-0.05, 0) is 42.0 Å². The van der Waals surface area contributed by atoms with Crippen LogP contribution in [-0.4, -0.2) is 19.3 Å². The molecule has 0 saturated heterocycles. The van der Waals surface area contributed by atoms with Crippen molar-refractivity contribution in [2.24, 2.45) is 0 Å². The highest BCUT2D eigenvalue weighted by Crippen LogP contribution is 2.33. The van der Waals surface area contributed by atoms with Crippen LogP contribution in [0.4, 0.5) is 0 Å². The topological polar surface area (TPSA) is 38.7 Å². The fourth-order valence-corrected chi connectivity index (χ4v) is 2.57. The van der Waals surface area contributed by atoms with Crippen molar-refractivity contribution in [3.8, 4) is 11.5 Å². The van der Waals surface area contributed by atoms with Crippen molar-refractivity contribution < 1.29 is 14.6 Å². The van der Waals surface area contributed by atoms with Crippen LogP contribution >= 0.6 is 23.2 Å². The van der Waals surface area contributed by atoms with E-state index in [9.17, 15) is 5.11 Å². The number of halogens is 2. The molecule has 0 saturated carbocycles. The van der Waals surface area contributed by atoms with Gasteiger partial charge in [-0.2, -0.15) is 0 Å². The third kappa shape index (κ3) is 3.82. The maximum absolute atomic E-state index is 10.5. The van der Waals surface area contributed by atoms with Crippen LogP contribution in [0.5, 0.6) is 11.5 Å². The van der Waals surface area contributed by atoms with Crippen molar-refractivity contribution in [1.82, 2.24) is 0 Å². The lowest BCUT2D eigenvalue weighted by molar-refractivity contribution is 0.173. The molecule has 2 aromatic carbocycles. The standard InChI is InChI=1S/C16H16Cl2O3/c1-20-15-5-3-11(17)7-10(15)8-14(19)13-9-12(18)4-6-16(13)21-2/h3-7,9,14,19H,8H2,1-2H3. The Morgan fingerprint density at radius 1 is 0.952 bits per heavy atom. The highest BCUT2D eigenvalue weighted by molar-refractivity contribution is 6.31. The molecule has 0 bridgehead atoms. The SMILES string of the molecule is COc1ccc(Cl)cc1CC(O)c1cc(Cl)ccc1OC. The molecule has 0 aromatic heterocycles. The second-order valence-corrected chi connectivity index (χ2v) is 5.44. The molecule has 1 atom stereocenters. The van der Waals surface area contributed by atoms with Gasteiger partial charge >= 0.3 is 0 Å². The maximum Gasteiger partial charge on any atom is 0.124 e. The molecule has 2 aromatic rings. The Bertz CT molecular complexity index is 629. The molecular weight excluding hydrogens is 311 g/mol. The highest BCUT2D eigenvalue weighted by atomic mass is 35.5. The van der Waals surface area contributed by atoms with Crippen molar-refractivity contribution >= 4 is 23.2 Å². The molecule has 0 aliphatic carbocycles. The summed E-state index contributed by atoms with van der Waals surface area (Å²) in [5.41, 5.74) is 1.45. The quantitative estimate of drug-likeness (QED) is 0.890.